The molecule has 1 aliphatic rings. The van der Waals surface area contributed by atoms with Gasteiger partial charge in [0, 0.05) is 41.1 Å². The number of aromatic amines is 1. The molecule has 3 nitrogen and oxygen atoms in total. The van der Waals surface area contributed by atoms with E-state index in [-0.39, 0.29) is 5.91 Å². The largest absolute Gasteiger partial charge is 0.355 e. The zero-order valence-corrected chi connectivity index (χ0v) is 12.3. The lowest BCUT2D eigenvalue weighted by atomic mass is 10.0. The number of rotatable bonds is 1. The molecule has 1 aromatic heterocycles. The van der Waals surface area contributed by atoms with E-state index in [2.05, 4.69) is 39.1 Å². The zero-order chi connectivity index (χ0) is 13.4. The van der Waals surface area contributed by atoms with E-state index in [1.165, 1.54) is 11.0 Å². The van der Waals surface area contributed by atoms with Crippen molar-refractivity contribution in [1.82, 2.24) is 9.88 Å². The minimum Gasteiger partial charge on any atom is -0.355 e. The third-order valence-corrected chi connectivity index (χ3v) is 4.30. The fourth-order valence-electron chi connectivity index (χ4n) is 2.49. The van der Waals surface area contributed by atoms with Gasteiger partial charge in [-0.05, 0) is 30.2 Å². The minimum atomic E-state index is 0.148. The van der Waals surface area contributed by atoms with E-state index < -0.39 is 0 Å². The molecule has 0 fully saturated rings. The smallest absolute Gasteiger partial charge is 0.219 e. The first-order chi connectivity index (χ1) is 9.15. The Kier molecular flexibility index (Phi) is 3.19. The Morgan fingerprint density at radius 3 is 2.89 bits per heavy atom. The van der Waals surface area contributed by atoms with Gasteiger partial charge in [-0.15, -0.1) is 0 Å². The van der Waals surface area contributed by atoms with Crippen molar-refractivity contribution in [2.75, 3.05) is 13.1 Å². The zero-order valence-electron chi connectivity index (χ0n) is 10.7. The summed E-state index contributed by atoms with van der Waals surface area (Å²) in [4.78, 5) is 16.6. The molecule has 0 radical (unpaired) electrons. The number of benzene rings is 1. The van der Waals surface area contributed by atoms with E-state index in [1.54, 1.807) is 6.92 Å². The molecule has 0 spiro atoms. The van der Waals surface area contributed by atoms with Gasteiger partial charge in [0.05, 0.1) is 0 Å². The van der Waals surface area contributed by atoms with Gasteiger partial charge in [0.25, 0.3) is 0 Å². The third-order valence-electron chi connectivity index (χ3n) is 3.61. The van der Waals surface area contributed by atoms with Crippen LogP contribution in [0.2, 0.25) is 0 Å². The molecular weight excluding hydrogens is 304 g/mol. The van der Waals surface area contributed by atoms with Gasteiger partial charge in [0.15, 0.2) is 0 Å². The molecular formula is C15H15BrN2O. The Morgan fingerprint density at radius 1 is 1.42 bits per heavy atom. The molecule has 0 aliphatic carbocycles. The number of nitrogens with one attached hydrogen (secondary N) is 1. The second-order valence-corrected chi connectivity index (χ2v) is 5.68. The maximum absolute atomic E-state index is 11.3. The SMILES string of the molecule is CC(=O)N1CC=C(c2cc3c(Br)cccc3[nH]2)CC1. The van der Waals surface area contributed by atoms with E-state index >= 15 is 0 Å². The van der Waals surface area contributed by atoms with Crippen molar-refractivity contribution in [1.29, 1.82) is 0 Å². The van der Waals surface area contributed by atoms with E-state index in [1.807, 2.05) is 17.0 Å². The number of halogens is 1. The van der Waals surface area contributed by atoms with Gasteiger partial charge in [0.1, 0.15) is 0 Å². The lowest BCUT2D eigenvalue weighted by molar-refractivity contribution is -0.128. The van der Waals surface area contributed by atoms with Gasteiger partial charge in [0.2, 0.25) is 5.91 Å². The molecule has 2 aromatic rings. The van der Waals surface area contributed by atoms with Crippen molar-refractivity contribution >= 4 is 38.3 Å². The van der Waals surface area contributed by atoms with Crippen molar-refractivity contribution in [3.63, 3.8) is 0 Å². The van der Waals surface area contributed by atoms with Crippen LogP contribution < -0.4 is 0 Å². The number of carbonyl (C=O) groups excluding carboxylic acids is 1. The number of aromatic nitrogens is 1. The van der Waals surface area contributed by atoms with Crippen LogP contribution in [0.4, 0.5) is 0 Å². The van der Waals surface area contributed by atoms with Crippen molar-refractivity contribution in [3.05, 3.63) is 40.5 Å². The monoisotopic (exact) mass is 318 g/mol. The fourth-order valence-corrected chi connectivity index (χ4v) is 2.97. The third kappa shape index (κ3) is 2.32. The second-order valence-electron chi connectivity index (χ2n) is 4.83. The quantitative estimate of drug-likeness (QED) is 0.857. The number of hydrogen-bond acceptors (Lipinski definition) is 1. The molecule has 0 atom stereocenters. The molecule has 1 aromatic carbocycles. The molecule has 0 saturated heterocycles. The second kappa shape index (κ2) is 4.85. The van der Waals surface area contributed by atoms with Crippen LogP contribution in [0, 0.1) is 0 Å². The standard InChI is InChI=1S/C15H15BrN2O/c1-10(19)18-7-5-11(6-8-18)15-9-12-13(16)3-2-4-14(12)17-15/h2-5,9,17H,6-8H2,1H3. The molecule has 98 valence electrons. The van der Waals surface area contributed by atoms with Crippen LogP contribution >= 0.6 is 15.9 Å². The molecule has 0 unspecified atom stereocenters. The van der Waals surface area contributed by atoms with Gasteiger partial charge in [-0.1, -0.05) is 28.1 Å². The summed E-state index contributed by atoms with van der Waals surface area (Å²) < 4.78 is 1.11. The maximum Gasteiger partial charge on any atom is 0.219 e. The summed E-state index contributed by atoms with van der Waals surface area (Å²) in [7, 11) is 0. The van der Waals surface area contributed by atoms with Crippen molar-refractivity contribution < 1.29 is 4.79 Å². The molecule has 0 bridgehead atoms. The summed E-state index contributed by atoms with van der Waals surface area (Å²) in [5, 5.41) is 1.20. The van der Waals surface area contributed by atoms with Gasteiger partial charge in [-0.25, -0.2) is 0 Å². The first-order valence-electron chi connectivity index (χ1n) is 6.37. The predicted molar refractivity (Wildman–Crippen MR) is 80.8 cm³/mol. The van der Waals surface area contributed by atoms with Crippen LogP contribution in [0.15, 0.2) is 34.8 Å². The Balaban J connectivity index is 1.93. The summed E-state index contributed by atoms with van der Waals surface area (Å²) in [6.07, 6.45) is 3.05. The summed E-state index contributed by atoms with van der Waals surface area (Å²) in [6.45, 7) is 3.14. The lowest BCUT2D eigenvalue weighted by Gasteiger charge is -2.24. The molecule has 4 heteroatoms. The minimum absolute atomic E-state index is 0.148. The summed E-state index contributed by atoms with van der Waals surface area (Å²) in [5.41, 5.74) is 3.59. The van der Waals surface area contributed by atoms with Gasteiger partial charge >= 0.3 is 0 Å². The van der Waals surface area contributed by atoms with Crippen LogP contribution in [0.3, 0.4) is 0 Å². The fraction of sp³-hybridized carbons (Fsp3) is 0.267. The van der Waals surface area contributed by atoms with Crippen molar-refractivity contribution in [3.8, 4) is 0 Å². The highest BCUT2D eigenvalue weighted by molar-refractivity contribution is 9.10. The molecule has 0 saturated carbocycles. The van der Waals surface area contributed by atoms with E-state index in [9.17, 15) is 4.79 Å². The van der Waals surface area contributed by atoms with E-state index in [4.69, 9.17) is 0 Å². The van der Waals surface area contributed by atoms with Crippen molar-refractivity contribution in [2.45, 2.75) is 13.3 Å². The molecule has 1 N–H and O–H groups in total. The van der Waals surface area contributed by atoms with Gasteiger partial charge in [-0.3, -0.25) is 4.79 Å². The number of amides is 1. The van der Waals surface area contributed by atoms with Gasteiger partial charge < -0.3 is 9.88 Å². The van der Waals surface area contributed by atoms with Gasteiger partial charge in [-0.2, -0.15) is 0 Å². The Bertz CT molecular complexity index is 672. The van der Waals surface area contributed by atoms with Crippen LogP contribution in [-0.4, -0.2) is 28.9 Å². The topological polar surface area (TPSA) is 36.1 Å². The maximum atomic E-state index is 11.3. The highest BCUT2D eigenvalue weighted by Gasteiger charge is 2.16. The summed E-state index contributed by atoms with van der Waals surface area (Å²) in [5.74, 6) is 0.148. The Morgan fingerprint density at radius 2 is 2.26 bits per heavy atom. The lowest BCUT2D eigenvalue weighted by Crippen LogP contribution is -2.32. The number of hydrogen-bond donors (Lipinski definition) is 1. The first-order valence-corrected chi connectivity index (χ1v) is 7.16. The van der Waals surface area contributed by atoms with Crippen LogP contribution in [0.5, 0.6) is 0 Å². The molecule has 19 heavy (non-hydrogen) atoms. The Labute approximate surface area is 120 Å². The number of H-pyrrole nitrogens is 1. The number of nitrogens with zero attached hydrogens (tertiary/aromatic N) is 1. The Hall–Kier alpha value is -1.55. The van der Waals surface area contributed by atoms with Crippen molar-refractivity contribution in [2.24, 2.45) is 0 Å². The van der Waals surface area contributed by atoms with E-state index in [0.717, 1.165) is 28.6 Å². The highest BCUT2D eigenvalue weighted by Crippen LogP contribution is 2.29. The predicted octanol–water partition coefficient (Wildman–Crippen LogP) is 3.57. The van der Waals surface area contributed by atoms with E-state index in [0.29, 0.717) is 6.54 Å². The van der Waals surface area contributed by atoms with Crippen LogP contribution in [0.1, 0.15) is 19.0 Å². The molecule has 2 heterocycles. The average molecular weight is 319 g/mol. The average Bonchev–Trinajstić information content (AvgIpc) is 2.84. The molecule has 1 aliphatic heterocycles. The number of carbonyl (C=O) groups is 1. The summed E-state index contributed by atoms with van der Waals surface area (Å²) in [6, 6.07) is 8.33. The molecule has 1 amide bonds. The summed E-state index contributed by atoms with van der Waals surface area (Å²) >= 11 is 3.57. The first kappa shape index (κ1) is 12.5. The normalized spacial score (nSPS) is 15.7. The van der Waals surface area contributed by atoms with Crippen LogP contribution in [-0.2, 0) is 4.79 Å². The molecule has 3 rings (SSSR count). The number of fused-ring (bicyclic) bond motifs is 1. The van der Waals surface area contributed by atoms with Crippen LogP contribution in [0.25, 0.3) is 16.5 Å². The highest BCUT2D eigenvalue weighted by atomic mass is 79.9.